The number of ether oxygens (including phenoxy) is 2. The van der Waals surface area contributed by atoms with Crippen LogP contribution in [-0.2, 0) is 43.9 Å². The lowest BCUT2D eigenvalue weighted by atomic mass is 10.1. The van der Waals surface area contributed by atoms with Crippen molar-refractivity contribution >= 4 is 116 Å². The number of likely N-dealkylation sites (N-methyl/N-ethyl adjacent to an activating group) is 3. The molecule has 29 heteroatoms. The molecule has 0 saturated carbocycles. The molecule has 0 unspecified atom stereocenters. The lowest BCUT2D eigenvalue weighted by molar-refractivity contribution is -0.123. The number of amides is 5. The summed E-state index contributed by atoms with van der Waals surface area (Å²) < 4.78 is 60.6. The first-order chi connectivity index (χ1) is 41.6. The standard InChI is InChI=1S/C22H30N4O5S2.C20H26N4O3S.C18H21N5O3S2/c1-22(2,3)31-21(28)26-12-8-11-18(26)19(27)24(4)20-23-17(14-32-20)15-9-7-10-16(13-15)25(5)33(6,29)30;1-20(2,3)27-19(26)24-10-6-9-16(24)17(25)23(4)18-22-15(12-28-18)13-7-5-8-14(21)11-13;1-21(17(24)16-8-5-9-23(16)12-19)18-20-15(11-27-18)13-6-4-7-14(10-13)22(2)28(3,25)26/h7,9-10,13-14,18H,8,11-12H2,1-6H3;5,7-8,11-12,16H,6,9-10,21H2,1-4H3;4,6-7,10-11,16H,5,8-9H2,1-3H3/t18-;2*16-/m000/s1. The maximum atomic E-state index is 13.2. The van der Waals surface area contributed by atoms with Gasteiger partial charge in [0.2, 0.25) is 20.0 Å². The zero-order chi connectivity index (χ0) is 65.5. The second-order valence-electron chi connectivity index (χ2n) is 23.5. The summed E-state index contributed by atoms with van der Waals surface area (Å²) in [4.78, 5) is 86.7. The minimum absolute atomic E-state index is 0.148. The highest BCUT2D eigenvalue weighted by Crippen LogP contribution is 2.35. The Balaban J connectivity index is 0.000000191. The zero-order valence-electron chi connectivity index (χ0n) is 52.2. The Hall–Kier alpha value is -7.91. The van der Waals surface area contributed by atoms with Crippen LogP contribution in [0.3, 0.4) is 0 Å². The van der Waals surface area contributed by atoms with E-state index in [1.165, 1.54) is 86.1 Å². The van der Waals surface area contributed by atoms with Gasteiger partial charge in [-0.25, -0.2) is 41.4 Å². The largest absolute Gasteiger partial charge is 0.444 e. The first-order valence-electron chi connectivity index (χ1n) is 28.4. The van der Waals surface area contributed by atoms with Gasteiger partial charge in [-0.2, -0.15) is 5.26 Å². The molecular weight excluding hydrogens is 1240 g/mol. The molecule has 3 aromatic carbocycles. The van der Waals surface area contributed by atoms with Crippen LogP contribution in [0, 0.1) is 11.5 Å². The monoisotopic (exact) mass is 1320 g/mol. The van der Waals surface area contributed by atoms with E-state index in [0.717, 1.165) is 54.2 Å². The summed E-state index contributed by atoms with van der Waals surface area (Å²) in [6.07, 6.45) is 7.61. The fourth-order valence-corrected chi connectivity index (χ4v) is 13.1. The van der Waals surface area contributed by atoms with Crippen LogP contribution in [-0.4, -0.2) is 173 Å². The number of carbonyl (C=O) groups excluding carboxylic acids is 5. The van der Waals surface area contributed by atoms with Crippen molar-refractivity contribution in [3.8, 4) is 40.0 Å². The minimum atomic E-state index is -3.39. The molecule has 6 heterocycles. The molecule has 3 aliphatic rings. The van der Waals surface area contributed by atoms with Crippen molar-refractivity contribution in [3.63, 3.8) is 0 Å². The first-order valence-corrected chi connectivity index (χ1v) is 34.8. The number of thiazole rings is 3. The average Bonchev–Trinajstić information content (AvgIpc) is 3.92. The molecule has 478 valence electrons. The maximum Gasteiger partial charge on any atom is 0.410 e. The number of sulfonamides is 2. The van der Waals surface area contributed by atoms with Crippen LogP contribution >= 0.6 is 34.0 Å². The molecule has 24 nitrogen and oxygen atoms in total. The van der Waals surface area contributed by atoms with Crippen LogP contribution in [0.2, 0.25) is 0 Å². The van der Waals surface area contributed by atoms with Gasteiger partial charge in [0.25, 0.3) is 17.7 Å². The van der Waals surface area contributed by atoms with Gasteiger partial charge < -0.3 is 15.2 Å². The highest BCUT2D eigenvalue weighted by Gasteiger charge is 2.41. The summed E-state index contributed by atoms with van der Waals surface area (Å²) in [5, 5.41) is 16.3. The second-order valence-corrected chi connectivity index (χ2v) is 30.1. The molecule has 2 N–H and O–H groups in total. The SMILES string of the molecule is CN(C(=O)[C@@H]1CCCN1C#N)c1nc(-c2cccc(N(C)S(C)(=O)=O)c2)cs1.CN(C(=O)[C@@H]1CCCN1C(=O)OC(C)(C)C)c1nc(-c2cccc(N(C)S(C)(=O)=O)c2)cs1.CN(C(=O)[C@@H]1CCCN1C(=O)OC(C)(C)C)c1nc(-c2cccc(N)c2)cs1. The highest BCUT2D eigenvalue weighted by molar-refractivity contribution is 7.92. The number of benzene rings is 3. The molecule has 3 aliphatic heterocycles. The number of aromatic nitrogens is 3. The Labute approximate surface area is 533 Å². The van der Waals surface area contributed by atoms with Gasteiger partial charge in [0.1, 0.15) is 29.3 Å². The molecule has 89 heavy (non-hydrogen) atoms. The number of rotatable bonds is 13. The summed E-state index contributed by atoms with van der Waals surface area (Å²) in [5.41, 5.74) is 10.8. The predicted octanol–water partition coefficient (Wildman–Crippen LogP) is 9.44. The molecule has 5 amide bonds. The van der Waals surface area contributed by atoms with E-state index < -0.39 is 61.6 Å². The van der Waals surface area contributed by atoms with Crippen molar-refractivity contribution in [1.29, 1.82) is 5.26 Å². The minimum Gasteiger partial charge on any atom is -0.444 e. The van der Waals surface area contributed by atoms with Crippen molar-refractivity contribution in [2.45, 2.75) is 109 Å². The first kappa shape index (κ1) is 68.6. The fourth-order valence-electron chi connectivity index (χ4n) is 9.68. The van der Waals surface area contributed by atoms with E-state index in [-0.39, 0.29) is 17.7 Å². The molecule has 9 rings (SSSR count). The molecule has 0 aliphatic carbocycles. The Morgan fingerprint density at radius 1 is 0.551 bits per heavy atom. The summed E-state index contributed by atoms with van der Waals surface area (Å²) >= 11 is 4.02. The van der Waals surface area contributed by atoms with Crippen LogP contribution < -0.4 is 29.0 Å². The number of anilines is 6. The van der Waals surface area contributed by atoms with Crippen LogP contribution in [0.25, 0.3) is 33.8 Å². The van der Waals surface area contributed by atoms with Crippen LogP contribution in [0.1, 0.15) is 80.1 Å². The predicted molar refractivity (Wildman–Crippen MR) is 351 cm³/mol. The van der Waals surface area contributed by atoms with Gasteiger partial charge in [-0.1, -0.05) is 36.4 Å². The van der Waals surface area contributed by atoms with E-state index >= 15 is 0 Å². The quantitative estimate of drug-likeness (QED) is 0.0831. The molecule has 0 radical (unpaired) electrons. The summed E-state index contributed by atoms with van der Waals surface area (Å²) in [6.45, 7) is 12.4. The number of likely N-dealkylation sites (tertiary alicyclic amines) is 3. The Bertz CT molecular complexity index is 3820. The van der Waals surface area contributed by atoms with Gasteiger partial charge in [0, 0.05) is 93.4 Å². The zero-order valence-corrected chi connectivity index (χ0v) is 56.3. The van der Waals surface area contributed by atoms with Gasteiger partial charge in [-0.3, -0.25) is 52.4 Å². The lowest BCUT2D eigenvalue weighted by Gasteiger charge is -2.29. The third-order valence-electron chi connectivity index (χ3n) is 14.5. The molecule has 3 saturated heterocycles. The molecule has 6 aromatic rings. The molecule has 3 atom stereocenters. The number of nitrogens with two attached hydrogens (primary N) is 1. The Morgan fingerprint density at radius 2 is 0.888 bits per heavy atom. The smallest absolute Gasteiger partial charge is 0.410 e. The molecule has 3 aromatic heterocycles. The van der Waals surface area contributed by atoms with Crippen LogP contribution in [0.4, 0.5) is 42.0 Å². The van der Waals surface area contributed by atoms with Gasteiger partial charge >= 0.3 is 12.2 Å². The van der Waals surface area contributed by atoms with Crippen molar-refractivity contribution in [2.75, 3.05) is 96.4 Å². The third-order valence-corrected chi connectivity index (χ3v) is 19.7. The molecular formula is C60H77N13O11S5. The van der Waals surface area contributed by atoms with Crippen molar-refractivity contribution < 1.29 is 50.3 Å². The van der Waals surface area contributed by atoms with Crippen molar-refractivity contribution in [1.82, 2.24) is 29.7 Å². The number of hydrogen-bond acceptors (Lipinski definition) is 20. The average molecular weight is 1320 g/mol. The Kier molecular flexibility index (Phi) is 21.8. The maximum absolute atomic E-state index is 13.2. The lowest BCUT2D eigenvalue weighted by Crippen LogP contribution is -2.48. The van der Waals surface area contributed by atoms with E-state index in [1.807, 2.05) is 73.3 Å². The van der Waals surface area contributed by atoms with E-state index in [2.05, 4.69) is 21.1 Å². The summed E-state index contributed by atoms with van der Waals surface area (Å²) in [6, 6.07) is 20.0. The van der Waals surface area contributed by atoms with Crippen molar-refractivity contribution in [2.24, 2.45) is 0 Å². The van der Waals surface area contributed by atoms with E-state index in [9.17, 15) is 40.8 Å². The molecule has 0 bridgehead atoms. The number of nitrogen functional groups attached to an aromatic ring is 1. The third kappa shape index (κ3) is 17.5. The Morgan fingerprint density at radius 3 is 1.24 bits per heavy atom. The number of nitriles is 1. The van der Waals surface area contributed by atoms with Gasteiger partial charge in [-0.05, 0) is 116 Å². The van der Waals surface area contributed by atoms with Crippen molar-refractivity contribution in [3.05, 3.63) is 88.9 Å². The van der Waals surface area contributed by atoms with Crippen LogP contribution in [0.5, 0.6) is 0 Å². The summed E-state index contributed by atoms with van der Waals surface area (Å²) in [5.74, 6) is -0.521. The van der Waals surface area contributed by atoms with Gasteiger partial charge in [0.05, 0.1) is 41.0 Å². The summed E-state index contributed by atoms with van der Waals surface area (Å²) in [7, 11) is 1.23. The van der Waals surface area contributed by atoms with Gasteiger partial charge in [0.15, 0.2) is 21.6 Å². The normalized spacial score (nSPS) is 16.7. The number of hydrogen-bond donors (Lipinski definition) is 1. The fraction of sp³-hybridized carbons (Fsp3) is 0.450. The van der Waals surface area contributed by atoms with Gasteiger partial charge in [-0.15, -0.1) is 34.0 Å². The number of carbonyl (C=O) groups is 5. The topological polar surface area (TPSA) is 286 Å². The van der Waals surface area contributed by atoms with E-state index in [1.54, 1.807) is 78.3 Å². The molecule has 3 fully saturated rings. The number of nitrogens with zero attached hydrogens (tertiary/aromatic N) is 12. The highest BCUT2D eigenvalue weighted by atomic mass is 32.2. The second kappa shape index (κ2) is 28.3. The van der Waals surface area contributed by atoms with E-state index in [4.69, 9.17) is 20.5 Å². The van der Waals surface area contributed by atoms with E-state index in [0.29, 0.717) is 82.7 Å². The van der Waals surface area contributed by atoms with Crippen LogP contribution in [0.15, 0.2) is 88.9 Å². The molecule has 0 spiro atoms.